The molecule has 1 aliphatic heterocycles. The number of aryl methyl sites for hydroxylation is 1. The van der Waals surface area contributed by atoms with E-state index in [9.17, 15) is 5.11 Å². The molecular weight excluding hydrogens is 304 g/mol. The maximum Gasteiger partial charge on any atom is 0.105 e. The minimum atomic E-state index is -0.655. The Kier molecular flexibility index (Phi) is 4.02. The molecule has 1 heterocycles. The van der Waals surface area contributed by atoms with Gasteiger partial charge < -0.3 is 10.0 Å². The minimum absolute atomic E-state index is 0.240. The molecule has 1 aromatic carbocycles. The van der Waals surface area contributed by atoms with Gasteiger partial charge in [-0.25, -0.2) is 4.99 Å². The van der Waals surface area contributed by atoms with Crippen LogP contribution in [-0.4, -0.2) is 35.0 Å². The molecule has 0 amide bonds. The summed E-state index contributed by atoms with van der Waals surface area (Å²) in [5, 5.41) is 10.1. The third-order valence-corrected chi connectivity index (χ3v) is 4.28. The molecule has 0 saturated carbocycles. The SMILES string of the molecule is Cc1ccc(Br)cc1/N=C1/CC(C(C)(C)O)CN1C. The van der Waals surface area contributed by atoms with E-state index in [2.05, 4.69) is 33.8 Å². The quantitative estimate of drug-likeness (QED) is 0.903. The summed E-state index contributed by atoms with van der Waals surface area (Å²) < 4.78 is 1.04. The second kappa shape index (κ2) is 5.25. The predicted molar refractivity (Wildman–Crippen MR) is 83.0 cm³/mol. The Morgan fingerprint density at radius 2 is 2.11 bits per heavy atom. The largest absolute Gasteiger partial charge is 0.390 e. The lowest BCUT2D eigenvalue weighted by Crippen LogP contribution is -2.32. The van der Waals surface area contributed by atoms with Gasteiger partial charge in [-0.05, 0) is 38.5 Å². The van der Waals surface area contributed by atoms with E-state index >= 15 is 0 Å². The van der Waals surface area contributed by atoms with Gasteiger partial charge in [0.25, 0.3) is 0 Å². The number of hydrogen-bond donors (Lipinski definition) is 1. The van der Waals surface area contributed by atoms with Gasteiger partial charge in [0, 0.05) is 30.4 Å². The van der Waals surface area contributed by atoms with Gasteiger partial charge in [-0.1, -0.05) is 22.0 Å². The molecule has 1 aliphatic rings. The molecule has 0 aromatic heterocycles. The van der Waals surface area contributed by atoms with Crippen LogP contribution in [0.3, 0.4) is 0 Å². The average Bonchev–Trinajstić information content (AvgIpc) is 2.65. The fourth-order valence-corrected chi connectivity index (χ4v) is 2.67. The van der Waals surface area contributed by atoms with Gasteiger partial charge >= 0.3 is 0 Å². The van der Waals surface area contributed by atoms with E-state index in [1.165, 1.54) is 0 Å². The monoisotopic (exact) mass is 324 g/mol. The van der Waals surface area contributed by atoms with Crippen LogP contribution in [0.4, 0.5) is 5.69 Å². The molecule has 1 saturated heterocycles. The Bertz CT molecular complexity index is 505. The first kappa shape index (κ1) is 14.5. The van der Waals surface area contributed by atoms with E-state index in [-0.39, 0.29) is 5.92 Å². The van der Waals surface area contributed by atoms with Crippen molar-refractivity contribution in [2.45, 2.75) is 32.8 Å². The van der Waals surface area contributed by atoms with Crippen molar-refractivity contribution < 1.29 is 5.11 Å². The molecule has 2 rings (SSSR count). The van der Waals surface area contributed by atoms with Crippen LogP contribution in [0.25, 0.3) is 0 Å². The Morgan fingerprint density at radius 3 is 2.68 bits per heavy atom. The molecule has 1 N–H and O–H groups in total. The van der Waals surface area contributed by atoms with Crippen molar-refractivity contribution in [3.8, 4) is 0 Å². The smallest absolute Gasteiger partial charge is 0.105 e. The van der Waals surface area contributed by atoms with Gasteiger partial charge in [-0.3, -0.25) is 0 Å². The first-order valence-electron chi connectivity index (χ1n) is 6.54. The van der Waals surface area contributed by atoms with Gasteiger partial charge in [0.2, 0.25) is 0 Å². The fourth-order valence-electron chi connectivity index (χ4n) is 2.32. The number of nitrogens with zero attached hydrogens (tertiary/aromatic N) is 2. The Hall–Kier alpha value is -0.870. The number of amidine groups is 1. The van der Waals surface area contributed by atoms with Crippen LogP contribution in [0.1, 0.15) is 25.8 Å². The molecule has 1 fully saturated rings. The van der Waals surface area contributed by atoms with Crippen molar-refractivity contribution in [2.24, 2.45) is 10.9 Å². The van der Waals surface area contributed by atoms with Crippen LogP contribution < -0.4 is 0 Å². The Morgan fingerprint density at radius 1 is 1.42 bits per heavy atom. The summed E-state index contributed by atoms with van der Waals surface area (Å²) in [6.07, 6.45) is 0.825. The number of hydrogen-bond acceptors (Lipinski definition) is 2. The molecule has 1 atom stereocenters. The van der Waals surface area contributed by atoms with Gasteiger partial charge in [0.1, 0.15) is 5.84 Å². The molecule has 1 unspecified atom stereocenters. The van der Waals surface area contributed by atoms with E-state index in [1.54, 1.807) is 0 Å². The van der Waals surface area contributed by atoms with Crippen molar-refractivity contribution in [3.05, 3.63) is 28.2 Å². The van der Waals surface area contributed by atoms with Crippen molar-refractivity contribution in [2.75, 3.05) is 13.6 Å². The molecule has 0 bridgehead atoms. The highest BCUT2D eigenvalue weighted by Crippen LogP contribution is 2.30. The Labute approximate surface area is 123 Å². The molecular formula is C15H21BrN2O. The highest BCUT2D eigenvalue weighted by Gasteiger charge is 2.35. The zero-order valence-electron chi connectivity index (χ0n) is 11.9. The summed E-state index contributed by atoms with van der Waals surface area (Å²) in [7, 11) is 2.04. The summed E-state index contributed by atoms with van der Waals surface area (Å²) in [4.78, 5) is 6.91. The summed E-state index contributed by atoms with van der Waals surface area (Å²) >= 11 is 3.48. The third kappa shape index (κ3) is 3.37. The van der Waals surface area contributed by atoms with E-state index in [1.807, 2.05) is 33.0 Å². The zero-order chi connectivity index (χ0) is 14.2. The van der Waals surface area contributed by atoms with Crippen molar-refractivity contribution >= 4 is 27.5 Å². The fraction of sp³-hybridized carbons (Fsp3) is 0.533. The summed E-state index contributed by atoms with van der Waals surface area (Å²) in [5.74, 6) is 1.29. The van der Waals surface area contributed by atoms with E-state index in [4.69, 9.17) is 4.99 Å². The lowest BCUT2D eigenvalue weighted by atomic mass is 9.90. The molecule has 104 valence electrons. The number of aliphatic imine (C=N–C) groups is 1. The van der Waals surface area contributed by atoms with E-state index in [0.29, 0.717) is 0 Å². The summed E-state index contributed by atoms with van der Waals surface area (Å²) in [6.45, 7) is 6.67. The third-order valence-electron chi connectivity index (χ3n) is 3.78. The van der Waals surface area contributed by atoms with Gasteiger partial charge in [0.05, 0.1) is 11.3 Å². The second-order valence-corrected chi connectivity index (χ2v) is 6.81. The first-order chi connectivity index (χ1) is 8.77. The van der Waals surface area contributed by atoms with Crippen LogP contribution in [0.2, 0.25) is 0 Å². The van der Waals surface area contributed by atoms with E-state index in [0.717, 1.165) is 34.5 Å². The van der Waals surface area contributed by atoms with Crippen molar-refractivity contribution in [1.29, 1.82) is 0 Å². The normalized spacial score (nSPS) is 22.3. The number of aliphatic hydroxyl groups is 1. The molecule has 4 heteroatoms. The highest BCUT2D eigenvalue weighted by atomic mass is 79.9. The maximum atomic E-state index is 10.1. The van der Waals surface area contributed by atoms with Crippen molar-refractivity contribution in [1.82, 2.24) is 4.90 Å². The maximum absolute atomic E-state index is 10.1. The lowest BCUT2D eigenvalue weighted by molar-refractivity contribution is 0.0222. The first-order valence-corrected chi connectivity index (χ1v) is 7.34. The second-order valence-electron chi connectivity index (χ2n) is 5.89. The van der Waals surface area contributed by atoms with Gasteiger partial charge in [-0.2, -0.15) is 0 Å². The minimum Gasteiger partial charge on any atom is -0.390 e. The van der Waals surface area contributed by atoms with Crippen LogP contribution in [0, 0.1) is 12.8 Å². The standard InChI is InChI=1S/C15H21BrN2O/c1-10-5-6-12(16)8-13(10)17-14-7-11(9-18(14)4)15(2,3)19/h5-6,8,11,19H,7,9H2,1-4H3/b17-14-. The van der Waals surface area contributed by atoms with E-state index < -0.39 is 5.60 Å². The molecule has 19 heavy (non-hydrogen) atoms. The summed E-state index contributed by atoms with van der Waals surface area (Å²) in [5.41, 5.74) is 1.50. The van der Waals surface area contributed by atoms with Gasteiger partial charge in [-0.15, -0.1) is 0 Å². The van der Waals surface area contributed by atoms with Crippen molar-refractivity contribution in [3.63, 3.8) is 0 Å². The lowest BCUT2D eigenvalue weighted by Gasteiger charge is -2.24. The molecule has 0 radical (unpaired) electrons. The number of rotatable bonds is 2. The number of halogens is 1. The van der Waals surface area contributed by atoms with Crippen LogP contribution >= 0.6 is 15.9 Å². The average molecular weight is 325 g/mol. The highest BCUT2D eigenvalue weighted by molar-refractivity contribution is 9.10. The van der Waals surface area contributed by atoms with Gasteiger partial charge in [0.15, 0.2) is 0 Å². The zero-order valence-corrected chi connectivity index (χ0v) is 13.5. The molecule has 1 aromatic rings. The topological polar surface area (TPSA) is 35.8 Å². The number of likely N-dealkylation sites (tertiary alicyclic amines) is 1. The molecule has 0 aliphatic carbocycles. The number of benzene rings is 1. The predicted octanol–water partition coefficient (Wildman–Crippen LogP) is 3.51. The Balaban J connectivity index is 2.27. The van der Waals surface area contributed by atoms with Crippen LogP contribution in [0.15, 0.2) is 27.7 Å². The molecule has 0 spiro atoms. The van der Waals surface area contributed by atoms with Crippen LogP contribution in [0.5, 0.6) is 0 Å². The molecule has 3 nitrogen and oxygen atoms in total. The summed E-state index contributed by atoms with van der Waals surface area (Å²) in [6, 6.07) is 6.12. The van der Waals surface area contributed by atoms with Crippen LogP contribution in [-0.2, 0) is 0 Å².